The minimum atomic E-state index is -0.968. The Labute approximate surface area is 220 Å². The first-order valence-corrected chi connectivity index (χ1v) is 13.3. The van der Waals surface area contributed by atoms with E-state index in [4.69, 9.17) is 10.8 Å². The Morgan fingerprint density at radius 2 is 1.68 bits per heavy atom. The first kappa shape index (κ1) is 24.1. The molecule has 2 aliphatic rings. The number of hydrogen-bond acceptors (Lipinski definition) is 6. The van der Waals surface area contributed by atoms with E-state index in [-0.39, 0.29) is 17.8 Å². The molecule has 9 nitrogen and oxygen atoms in total. The fraction of sp³-hybridized carbons (Fsp3) is 0.345. The van der Waals surface area contributed by atoms with E-state index in [1.54, 1.807) is 0 Å². The van der Waals surface area contributed by atoms with Crippen molar-refractivity contribution < 1.29 is 9.59 Å². The highest BCUT2D eigenvalue weighted by molar-refractivity contribution is 6.05. The molecule has 0 radical (unpaired) electrons. The molecule has 38 heavy (non-hydrogen) atoms. The van der Waals surface area contributed by atoms with Crippen molar-refractivity contribution in [3.63, 3.8) is 0 Å². The Hall–Kier alpha value is -4.27. The average molecular weight is 510 g/mol. The van der Waals surface area contributed by atoms with E-state index in [0.717, 1.165) is 35.9 Å². The van der Waals surface area contributed by atoms with Crippen LogP contribution in [0.15, 0.2) is 60.9 Å². The molecule has 0 saturated heterocycles. The van der Waals surface area contributed by atoms with Gasteiger partial charge in [-0.1, -0.05) is 43.5 Å². The summed E-state index contributed by atoms with van der Waals surface area (Å²) in [6, 6.07) is 15.9. The lowest BCUT2D eigenvalue weighted by Gasteiger charge is -2.40. The summed E-state index contributed by atoms with van der Waals surface area (Å²) < 4.78 is 2.05. The van der Waals surface area contributed by atoms with Crippen LogP contribution in [0.5, 0.6) is 0 Å². The molecule has 4 aromatic rings. The first-order valence-electron chi connectivity index (χ1n) is 13.3. The summed E-state index contributed by atoms with van der Waals surface area (Å²) in [5.74, 6) is 0.00238. The highest BCUT2D eigenvalue weighted by atomic mass is 16.2. The molecule has 2 saturated carbocycles. The van der Waals surface area contributed by atoms with E-state index < -0.39 is 5.54 Å². The SMILES string of the molecule is Nc1ncc(NC(=O)C2(NC(=O)c3ccc4c(C5CCCCC5)n(-c5ccccc5)nc4c3)CCC2)cn1. The number of aromatic nitrogens is 4. The number of carbonyl (C=O) groups is 2. The number of nitrogen functional groups attached to an aromatic ring is 1. The number of carbonyl (C=O) groups excluding carboxylic acids is 2. The van der Waals surface area contributed by atoms with Crippen LogP contribution in [0.4, 0.5) is 11.6 Å². The number of nitrogens with zero attached hydrogens (tertiary/aromatic N) is 4. The van der Waals surface area contributed by atoms with Crippen LogP contribution in [0.3, 0.4) is 0 Å². The smallest absolute Gasteiger partial charge is 0.252 e. The van der Waals surface area contributed by atoms with Gasteiger partial charge in [0.1, 0.15) is 5.54 Å². The van der Waals surface area contributed by atoms with Gasteiger partial charge in [0.15, 0.2) is 0 Å². The Bertz CT molecular complexity index is 1470. The fourth-order valence-corrected chi connectivity index (χ4v) is 5.66. The second-order valence-electron chi connectivity index (χ2n) is 10.4. The lowest BCUT2D eigenvalue weighted by Crippen LogP contribution is -2.61. The molecule has 0 aliphatic heterocycles. The molecule has 4 N–H and O–H groups in total. The lowest BCUT2D eigenvalue weighted by atomic mass is 9.75. The lowest BCUT2D eigenvalue weighted by molar-refractivity contribution is -0.125. The summed E-state index contributed by atoms with van der Waals surface area (Å²) in [6.45, 7) is 0. The molecule has 9 heteroatoms. The van der Waals surface area contributed by atoms with Crippen molar-refractivity contribution in [2.24, 2.45) is 0 Å². The van der Waals surface area contributed by atoms with E-state index in [2.05, 4.69) is 37.4 Å². The molecule has 2 aromatic carbocycles. The second kappa shape index (κ2) is 9.89. The van der Waals surface area contributed by atoms with E-state index in [1.807, 2.05) is 36.4 Å². The third-order valence-electron chi connectivity index (χ3n) is 7.89. The molecule has 0 unspecified atom stereocenters. The highest BCUT2D eigenvalue weighted by Crippen LogP contribution is 2.38. The zero-order chi connectivity index (χ0) is 26.1. The van der Waals surface area contributed by atoms with Gasteiger partial charge in [-0.2, -0.15) is 5.10 Å². The van der Waals surface area contributed by atoms with Crippen LogP contribution in [-0.2, 0) is 4.79 Å². The first-order chi connectivity index (χ1) is 18.5. The van der Waals surface area contributed by atoms with Crippen LogP contribution in [0, 0.1) is 0 Å². The summed E-state index contributed by atoms with van der Waals surface area (Å²) in [7, 11) is 0. The zero-order valence-corrected chi connectivity index (χ0v) is 21.2. The number of nitrogens with two attached hydrogens (primary N) is 1. The number of hydrogen-bond donors (Lipinski definition) is 3. The van der Waals surface area contributed by atoms with Crippen molar-refractivity contribution in [3.8, 4) is 5.69 Å². The van der Waals surface area contributed by atoms with Crippen molar-refractivity contribution in [2.75, 3.05) is 11.1 Å². The molecule has 2 aliphatic carbocycles. The largest absolute Gasteiger partial charge is 0.368 e. The van der Waals surface area contributed by atoms with Gasteiger partial charge in [0, 0.05) is 16.9 Å². The molecular weight excluding hydrogens is 478 g/mol. The molecule has 6 rings (SSSR count). The second-order valence-corrected chi connectivity index (χ2v) is 10.4. The van der Waals surface area contributed by atoms with Gasteiger partial charge in [0.25, 0.3) is 5.91 Å². The molecule has 2 fully saturated rings. The predicted octanol–water partition coefficient (Wildman–Crippen LogP) is 4.74. The Morgan fingerprint density at radius 1 is 0.947 bits per heavy atom. The van der Waals surface area contributed by atoms with Gasteiger partial charge in [-0.05, 0) is 56.4 Å². The van der Waals surface area contributed by atoms with Crippen LogP contribution in [0.2, 0.25) is 0 Å². The third-order valence-corrected chi connectivity index (χ3v) is 7.89. The molecule has 0 atom stereocenters. The maximum Gasteiger partial charge on any atom is 0.252 e. The third kappa shape index (κ3) is 4.49. The number of amides is 2. The van der Waals surface area contributed by atoms with Gasteiger partial charge in [0.2, 0.25) is 11.9 Å². The number of fused-ring (bicyclic) bond motifs is 1. The molecule has 2 amide bonds. The van der Waals surface area contributed by atoms with Crippen LogP contribution in [0.1, 0.15) is 73.3 Å². The maximum absolute atomic E-state index is 13.4. The van der Waals surface area contributed by atoms with Crippen molar-refractivity contribution in [2.45, 2.75) is 62.8 Å². The molecule has 2 heterocycles. The fourth-order valence-electron chi connectivity index (χ4n) is 5.66. The number of rotatable bonds is 6. The summed E-state index contributed by atoms with van der Waals surface area (Å²) in [4.78, 5) is 34.4. The van der Waals surface area contributed by atoms with Gasteiger partial charge in [0.05, 0.1) is 35.0 Å². The van der Waals surface area contributed by atoms with Gasteiger partial charge < -0.3 is 16.4 Å². The van der Waals surface area contributed by atoms with Crippen LogP contribution < -0.4 is 16.4 Å². The Morgan fingerprint density at radius 3 is 2.37 bits per heavy atom. The monoisotopic (exact) mass is 509 g/mol. The number of nitrogens with one attached hydrogen (secondary N) is 2. The van der Waals surface area contributed by atoms with Crippen molar-refractivity contribution in [3.05, 3.63) is 72.2 Å². The molecule has 2 aromatic heterocycles. The Balaban J connectivity index is 1.28. The minimum Gasteiger partial charge on any atom is -0.368 e. The van der Waals surface area contributed by atoms with Crippen molar-refractivity contribution >= 4 is 34.4 Å². The van der Waals surface area contributed by atoms with E-state index in [0.29, 0.717) is 30.0 Å². The van der Waals surface area contributed by atoms with Gasteiger partial charge in [-0.3, -0.25) is 9.59 Å². The average Bonchev–Trinajstić information content (AvgIpc) is 3.31. The number of anilines is 2. The maximum atomic E-state index is 13.4. The summed E-state index contributed by atoms with van der Waals surface area (Å²) >= 11 is 0. The summed E-state index contributed by atoms with van der Waals surface area (Å²) in [5, 5.41) is 11.9. The van der Waals surface area contributed by atoms with Crippen LogP contribution in [0.25, 0.3) is 16.6 Å². The quantitative estimate of drug-likeness (QED) is 0.345. The van der Waals surface area contributed by atoms with Crippen molar-refractivity contribution in [1.82, 2.24) is 25.1 Å². The van der Waals surface area contributed by atoms with Crippen LogP contribution in [-0.4, -0.2) is 37.1 Å². The summed E-state index contributed by atoms with van der Waals surface area (Å²) in [5.41, 5.74) is 8.52. The summed E-state index contributed by atoms with van der Waals surface area (Å²) in [6.07, 6.45) is 10.9. The highest BCUT2D eigenvalue weighted by Gasteiger charge is 2.45. The van der Waals surface area contributed by atoms with Gasteiger partial charge in [-0.25, -0.2) is 14.6 Å². The molecular formula is C29H31N7O2. The van der Waals surface area contributed by atoms with E-state index >= 15 is 0 Å². The zero-order valence-electron chi connectivity index (χ0n) is 21.2. The van der Waals surface area contributed by atoms with E-state index in [9.17, 15) is 9.59 Å². The predicted molar refractivity (Wildman–Crippen MR) is 146 cm³/mol. The normalized spacial score (nSPS) is 17.1. The molecule has 0 bridgehead atoms. The molecule has 0 spiro atoms. The minimum absolute atomic E-state index is 0.131. The van der Waals surface area contributed by atoms with Gasteiger partial charge in [-0.15, -0.1) is 0 Å². The Kier molecular flexibility index (Phi) is 6.27. The van der Waals surface area contributed by atoms with Crippen LogP contribution >= 0.6 is 0 Å². The standard InChI is InChI=1S/C29H31N7O2/c30-28-31-17-21(18-32-28)33-27(38)29(14-7-15-29)34-26(37)20-12-13-23-24(16-20)35-36(22-10-5-2-6-11-22)25(23)19-8-3-1-4-9-19/h2,5-6,10-13,16-19H,1,3-4,7-9,14-15H2,(H,33,38)(H,34,37)(H2,30,31,32). The van der Waals surface area contributed by atoms with Gasteiger partial charge >= 0.3 is 0 Å². The number of benzene rings is 2. The molecule has 194 valence electrons. The topological polar surface area (TPSA) is 128 Å². The van der Waals surface area contributed by atoms with Crippen molar-refractivity contribution in [1.29, 1.82) is 0 Å². The number of para-hydroxylation sites is 1. The van der Waals surface area contributed by atoms with E-state index in [1.165, 1.54) is 37.4 Å².